The van der Waals surface area contributed by atoms with E-state index in [0.29, 0.717) is 5.56 Å². The maximum Gasteiger partial charge on any atom is 0.381 e. The molecule has 0 aliphatic carbocycles. The van der Waals surface area contributed by atoms with Crippen molar-refractivity contribution < 1.29 is 23.5 Å². The number of nitrogens with zero attached hydrogens (tertiary/aromatic N) is 2. The molecular weight excluding hydrogens is 396 g/mol. The van der Waals surface area contributed by atoms with Gasteiger partial charge in [0.25, 0.3) is 5.91 Å². The molecule has 124 valence electrons. The van der Waals surface area contributed by atoms with Crippen molar-refractivity contribution in [1.82, 2.24) is 14.9 Å². The number of nitrogens with one attached hydrogen (secondary N) is 1. The summed E-state index contributed by atoms with van der Waals surface area (Å²) in [6.45, 7) is 0. The standard InChI is InChI=1S/C13H12BrF2N3O3S/c1-19-3-2-17-11(19)13(15,16)12(22)18-8(10(20)21)4-7-5-9(14)23-6-7/h2-3,5-6,8H,4H2,1H3,(H,18,22)(H,20,21). The van der Waals surface area contributed by atoms with Gasteiger partial charge in [0, 0.05) is 25.9 Å². The van der Waals surface area contributed by atoms with Gasteiger partial charge in [0.15, 0.2) is 5.82 Å². The van der Waals surface area contributed by atoms with Crippen LogP contribution in [0.1, 0.15) is 11.4 Å². The van der Waals surface area contributed by atoms with Gasteiger partial charge in [-0.15, -0.1) is 11.3 Å². The van der Waals surface area contributed by atoms with E-state index in [1.807, 2.05) is 5.32 Å². The van der Waals surface area contributed by atoms with Crippen molar-refractivity contribution >= 4 is 39.1 Å². The van der Waals surface area contributed by atoms with E-state index in [4.69, 9.17) is 5.11 Å². The topological polar surface area (TPSA) is 84.2 Å². The Morgan fingerprint density at radius 3 is 2.74 bits per heavy atom. The molecule has 23 heavy (non-hydrogen) atoms. The van der Waals surface area contributed by atoms with Crippen LogP contribution in [-0.4, -0.2) is 32.6 Å². The maximum absolute atomic E-state index is 14.1. The van der Waals surface area contributed by atoms with Crippen LogP contribution in [-0.2, 0) is 29.0 Å². The number of carboxylic acids is 1. The lowest BCUT2D eigenvalue weighted by molar-refractivity contribution is -0.153. The van der Waals surface area contributed by atoms with E-state index in [2.05, 4.69) is 20.9 Å². The lowest BCUT2D eigenvalue weighted by Crippen LogP contribution is -2.48. The highest BCUT2D eigenvalue weighted by Gasteiger charge is 2.46. The molecule has 2 heterocycles. The number of halogens is 3. The zero-order valence-electron chi connectivity index (χ0n) is 11.8. The zero-order valence-corrected chi connectivity index (χ0v) is 14.2. The first kappa shape index (κ1) is 17.5. The van der Waals surface area contributed by atoms with E-state index in [9.17, 15) is 18.4 Å². The monoisotopic (exact) mass is 407 g/mol. The molecule has 2 rings (SSSR count). The van der Waals surface area contributed by atoms with Gasteiger partial charge in [0.2, 0.25) is 0 Å². The average molecular weight is 408 g/mol. The van der Waals surface area contributed by atoms with Crippen LogP contribution in [0.4, 0.5) is 8.78 Å². The summed E-state index contributed by atoms with van der Waals surface area (Å²) in [4.78, 5) is 26.5. The number of aromatic nitrogens is 2. The van der Waals surface area contributed by atoms with Crippen LogP contribution >= 0.6 is 27.3 Å². The van der Waals surface area contributed by atoms with Crippen LogP contribution < -0.4 is 5.32 Å². The number of aliphatic carboxylic acids is 1. The first-order valence-corrected chi connectivity index (χ1v) is 8.01. The Kier molecular flexibility index (Phi) is 5.15. The Morgan fingerprint density at radius 1 is 1.57 bits per heavy atom. The highest BCUT2D eigenvalue weighted by atomic mass is 79.9. The normalized spacial score (nSPS) is 12.9. The smallest absolute Gasteiger partial charge is 0.381 e. The first-order valence-electron chi connectivity index (χ1n) is 6.34. The molecule has 0 spiro atoms. The van der Waals surface area contributed by atoms with Crippen LogP contribution in [0.3, 0.4) is 0 Å². The lowest BCUT2D eigenvalue weighted by atomic mass is 10.1. The van der Waals surface area contributed by atoms with Crippen molar-refractivity contribution in [3.63, 3.8) is 0 Å². The molecule has 0 aliphatic heterocycles. The highest BCUT2D eigenvalue weighted by molar-refractivity contribution is 9.11. The molecule has 0 bridgehead atoms. The second-order valence-electron chi connectivity index (χ2n) is 4.76. The third kappa shape index (κ3) is 3.94. The minimum atomic E-state index is -3.93. The summed E-state index contributed by atoms with van der Waals surface area (Å²) in [5.74, 6) is -7.77. The van der Waals surface area contributed by atoms with Crippen molar-refractivity contribution in [1.29, 1.82) is 0 Å². The molecule has 0 fully saturated rings. The number of amides is 1. The molecule has 0 radical (unpaired) electrons. The summed E-state index contributed by atoms with van der Waals surface area (Å²) in [6, 6.07) is 0.207. The van der Waals surface area contributed by atoms with Crippen LogP contribution in [0.15, 0.2) is 27.6 Å². The molecule has 2 N–H and O–H groups in total. The maximum atomic E-state index is 14.1. The van der Waals surface area contributed by atoms with Crippen LogP contribution in [0.25, 0.3) is 0 Å². The number of alkyl halides is 2. The third-order valence-electron chi connectivity index (χ3n) is 3.05. The fourth-order valence-corrected chi connectivity index (χ4v) is 3.13. The van der Waals surface area contributed by atoms with Crippen LogP contribution in [0, 0.1) is 0 Å². The van der Waals surface area contributed by atoms with Gasteiger partial charge >= 0.3 is 11.9 Å². The molecule has 6 nitrogen and oxygen atoms in total. The Labute approximate surface area is 142 Å². The summed E-state index contributed by atoms with van der Waals surface area (Å²) >= 11 is 4.56. The number of hydrogen-bond acceptors (Lipinski definition) is 4. The SMILES string of the molecule is Cn1ccnc1C(F)(F)C(=O)NC(Cc1csc(Br)c1)C(=O)O. The van der Waals surface area contributed by atoms with Gasteiger partial charge in [-0.3, -0.25) is 4.79 Å². The van der Waals surface area contributed by atoms with Crippen LogP contribution in [0.2, 0.25) is 0 Å². The number of thiophene rings is 1. The number of imidazole rings is 1. The van der Waals surface area contributed by atoms with E-state index in [1.165, 1.54) is 24.6 Å². The molecule has 0 aliphatic rings. The Bertz CT molecular complexity index is 732. The first-order chi connectivity index (χ1) is 10.7. The number of carbonyl (C=O) groups is 2. The summed E-state index contributed by atoms with van der Waals surface area (Å²) in [6.07, 6.45) is 2.31. The molecule has 0 saturated heterocycles. The fraction of sp³-hybridized carbons (Fsp3) is 0.308. The Balaban J connectivity index is 2.14. The Morgan fingerprint density at radius 2 is 2.26 bits per heavy atom. The van der Waals surface area contributed by atoms with Crippen molar-refractivity contribution in [2.45, 2.75) is 18.4 Å². The number of hydrogen-bond donors (Lipinski definition) is 2. The third-order valence-corrected chi connectivity index (χ3v) is 4.61. The predicted octanol–water partition coefficient (Wildman–Crippen LogP) is 2.15. The zero-order chi connectivity index (χ0) is 17.2. The second-order valence-corrected chi connectivity index (χ2v) is 7.05. The van der Waals surface area contributed by atoms with Crippen molar-refractivity contribution in [3.05, 3.63) is 39.0 Å². The number of carboxylic acid groups (broad SMARTS) is 1. The van der Waals surface area contributed by atoms with Crippen LogP contribution in [0.5, 0.6) is 0 Å². The van der Waals surface area contributed by atoms with Gasteiger partial charge in [-0.2, -0.15) is 8.78 Å². The molecule has 2 aromatic rings. The fourth-order valence-electron chi connectivity index (χ4n) is 1.91. The highest BCUT2D eigenvalue weighted by Crippen LogP contribution is 2.27. The van der Waals surface area contributed by atoms with E-state index < -0.39 is 29.7 Å². The molecule has 10 heteroatoms. The van der Waals surface area contributed by atoms with Gasteiger partial charge < -0.3 is 15.0 Å². The molecule has 0 saturated carbocycles. The largest absolute Gasteiger partial charge is 0.480 e. The van der Waals surface area contributed by atoms with E-state index in [1.54, 1.807) is 11.4 Å². The Hall–Kier alpha value is -1.81. The number of rotatable bonds is 6. The summed E-state index contributed by atoms with van der Waals surface area (Å²) in [5, 5.41) is 12.7. The average Bonchev–Trinajstić information content (AvgIpc) is 3.06. The van der Waals surface area contributed by atoms with Gasteiger partial charge in [0.1, 0.15) is 6.04 Å². The summed E-state index contributed by atoms with van der Waals surface area (Å²) in [7, 11) is 1.32. The second kappa shape index (κ2) is 6.75. The number of aryl methyl sites for hydroxylation is 1. The molecular formula is C13H12BrF2N3O3S. The van der Waals surface area contributed by atoms with Crippen molar-refractivity contribution in [3.8, 4) is 0 Å². The minimum absolute atomic E-state index is 0.0974. The van der Waals surface area contributed by atoms with Gasteiger partial charge in [-0.05, 0) is 32.9 Å². The summed E-state index contributed by atoms with van der Waals surface area (Å²) in [5.41, 5.74) is 0.620. The van der Waals surface area contributed by atoms with E-state index >= 15 is 0 Å². The van der Waals surface area contributed by atoms with Crippen molar-refractivity contribution in [2.75, 3.05) is 0 Å². The van der Waals surface area contributed by atoms with Crippen molar-refractivity contribution in [2.24, 2.45) is 7.05 Å². The molecule has 2 aromatic heterocycles. The van der Waals surface area contributed by atoms with E-state index in [-0.39, 0.29) is 6.42 Å². The predicted molar refractivity (Wildman–Crippen MR) is 82.4 cm³/mol. The van der Waals surface area contributed by atoms with Gasteiger partial charge in [0.05, 0.1) is 3.79 Å². The molecule has 1 atom stereocenters. The molecule has 1 unspecified atom stereocenters. The minimum Gasteiger partial charge on any atom is -0.480 e. The van der Waals surface area contributed by atoms with Gasteiger partial charge in [-0.1, -0.05) is 0 Å². The molecule has 0 aromatic carbocycles. The quantitative estimate of drug-likeness (QED) is 0.768. The van der Waals surface area contributed by atoms with Gasteiger partial charge in [-0.25, -0.2) is 9.78 Å². The lowest BCUT2D eigenvalue weighted by Gasteiger charge is -2.19. The molecule has 1 amide bonds. The van der Waals surface area contributed by atoms with E-state index in [0.717, 1.165) is 14.6 Å². The number of carbonyl (C=O) groups excluding carboxylic acids is 1. The summed E-state index contributed by atoms with van der Waals surface area (Å²) < 4.78 is 30.0.